The van der Waals surface area contributed by atoms with E-state index in [1.165, 1.54) is 14.2 Å². The number of amides is 1. The number of anilines is 2. The molecule has 0 fully saturated rings. The first kappa shape index (κ1) is 15.0. The molecule has 0 aliphatic rings. The van der Waals surface area contributed by atoms with Crippen molar-refractivity contribution in [2.45, 2.75) is 0 Å². The van der Waals surface area contributed by atoms with Crippen molar-refractivity contribution in [3.8, 4) is 11.5 Å². The minimum absolute atomic E-state index is 0.283. The summed E-state index contributed by atoms with van der Waals surface area (Å²) in [7, 11) is 3.01. The topological polar surface area (TPSA) is 73.6 Å². The highest BCUT2D eigenvalue weighted by molar-refractivity contribution is 6.32. The highest BCUT2D eigenvalue weighted by Gasteiger charge is 2.13. The van der Waals surface area contributed by atoms with Gasteiger partial charge in [0.15, 0.2) is 0 Å². The van der Waals surface area contributed by atoms with E-state index in [1.807, 2.05) is 0 Å². The number of nitrogens with one attached hydrogen (secondary N) is 1. The van der Waals surface area contributed by atoms with Gasteiger partial charge in [0.05, 0.1) is 24.9 Å². The zero-order valence-electron chi connectivity index (χ0n) is 11.6. The Bertz CT molecular complexity index is 657. The molecule has 1 amide bonds. The van der Waals surface area contributed by atoms with Gasteiger partial charge in [-0.1, -0.05) is 11.6 Å². The van der Waals surface area contributed by atoms with Crippen LogP contribution in [0.5, 0.6) is 11.5 Å². The van der Waals surface area contributed by atoms with Crippen molar-refractivity contribution in [2.24, 2.45) is 0 Å². The van der Waals surface area contributed by atoms with E-state index < -0.39 is 0 Å². The van der Waals surface area contributed by atoms with Gasteiger partial charge in [-0.15, -0.1) is 0 Å². The molecule has 0 aliphatic carbocycles. The van der Waals surface area contributed by atoms with Gasteiger partial charge in [-0.2, -0.15) is 0 Å². The fourth-order valence-electron chi connectivity index (χ4n) is 1.79. The minimum atomic E-state index is -0.283. The Morgan fingerprint density at radius 2 is 1.71 bits per heavy atom. The van der Waals surface area contributed by atoms with Crippen LogP contribution in [-0.2, 0) is 0 Å². The van der Waals surface area contributed by atoms with Crippen molar-refractivity contribution in [2.75, 3.05) is 25.3 Å². The molecular weight excluding hydrogens is 292 g/mol. The first-order valence-electron chi connectivity index (χ1n) is 6.13. The molecule has 2 rings (SSSR count). The predicted octanol–water partition coefficient (Wildman–Crippen LogP) is 3.19. The quantitative estimate of drug-likeness (QED) is 0.851. The SMILES string of the molecule is COc1cc(OC)c(NC(=O)c2ccc(N)cc2)cc1Cl. The average Bonchev–Trinajstić information content (AvgIpc) is 2.48. The molecule has 0 radical (unpaired) electrons. The van der Waals surface area contributed by atoms with Gasteiger partial charge < -0.3 is 20.5 Å². The number of carbonyl (C=O) groups is 1. The fraction of sp³-hybridized carbons (Fsp3) is 0.133. The molecule has 0 aliphatic heterocycles. The molecule has 110 valence electrons. The molecule has 0 unspecified atom stereocenters. The van der Waals surface area contributed by atoms with E-state index in [4.69, 9.17) is 26.8 Å². The molecule has 0 spiro atoms. The molecule has 5 nitrogen and oxygen atoms in total. The Morgan fingerprint density at radius 1 is 1.10 bits per heavy atom. The van der Waals surface area contributed by atoms with Crippen molar-refractivity contribution < 1.29 is 14.3 Å². The van der Waals surface area contributed by atoms with E-state index in [0.29, 0.717) is 33.5 Å². The number of hydrogen-bond donors (Lipinski definition) is 2. The summed E-state index contributed by atoms with van der Waals surface area (Å²) in [6.07, 6.45) is 0. The molecule has 0 heterocycles. The number of halogens is 1. The first-order chi connectivity index (χ1) is 10.0. The maximum Gasteiger partial charge on any atom is 0.255 e. The van der Waals surface area contributed by atoms with Crippen LogP contribution in [0.1, 0.15) is 10.4 Å². The molecule has 0 bridgehead atoms. The summed E-state index contributed by atoms with van der Waals surface area (Å²) in [6, 6.07) is 9.79. The number of carbonyl (C=O) groups excluding carboxylic acids is 1. The Kier molecular flexibility index (Phi) is 4.55. The third kappa shape index (κ3) is 3.38. The third-order valence-electron chi connectivity index (χ3n) is 2.89. The monoisotopic (exact) mass is 306 g/mol. The van der Waals surface area contributed by atoms with Gasteiger partial charge in [0, 0.05) is 17.3 Å². The third-order valence-corrected chi connectivity index (χ3v) is 3.19. The summed E-state index contributed by atoms with van der Waals surface area (Å²) in [5.74, 6) is 0.647. The molecule has 21 heavy (non-hydrogen) atoms. The predicted molar refractivity (Wildman–Crippen MR) is 83.4 cm³/mol. The summed E-state index contributed by atoms with van der Waals surface area (Å²) in [5.41, 5.74) is 7.14. The number of ether oxygens (including phenoxy) is 2. The van der Waals surface area contributed by atoms with Crippen molar-refractivity contribution in [3.05, 3.63) is 47.0 Å². The summed E-state index contributed by atoms with van der Waals surface area (Å²) in [4.78, 5) is 12.2. The number of rotatable bonds is 4. The zero-order valence-corrected chi connectivity index (χ0v) is 12.4. The lowest BCUT2D eigenvalue weighted by Gasteiger charge is -2.13. The zero-order chi connectivity index (χ0) is 15.4. The number of methoxy groups -OCH3 is 2. The van der Waals surface area contributed by atoms with Crippen molar-refractivity contribution >= 4 is 28.9 Å². The molecule has 2 aromatic rings. The van der Waals surface area contributed by atoms with E-state index in [0.717, 1.165) is 0 Å². The number of benzene rings is 2. The van der Waals surface area contributed by atoms with Crippen LogP contribution in [0, 0.1) is 0 Å². The largest absolute Gasteiger partial charge is 0.495 e. The van der Waals surface area contributed by atoms with E-state index in [2.05, 4.69) is 5.32 Å². The lowest BCUT2D eigenvalue weighted by molar-refractivity contribution is 0.102. The van der Waals surface area contributed by atoms with Gasteiger partial charge in [0.1, 0.15) is 11.5 Å². The standard InChI is InChI=1S/C15H15ClN2O3/c1-20-13-8-14(21-2)12(7-11(13)16)18-15(19)9-3-5-10(17)6-4-9/h3-8H,17H2,1-2H3,(H,18,19). The molecule has 0 atom stereocenters. The van der Waals surface area contributed by atoms with Crippen LogP contribution < -0.4 is 20.5 Å². The molecule has 2 aromatic carbocycles. The summed E-state index contributed by atoms with van der Waals surface area (Å²) in [5, 5.41) is 3.13. The van der Waals surface area contributed by atoms with Gasteiger partial charge >= 0.3 is 0 Å². The van der Waals surface area contributed by atoms with E-state index in [1.54, 1.807) is 36.4 Å². The molecule has 0 aromatic heterocycles. The lowest BCUT2D eigenvalue weighted by Crippen LogP contribution is -2.12. The number of hydrogen-bond acceptors (Lipinski definition) is 4. The van der Waals surface area contributed by atoms with Crippen molar-refractivity contribution in [1.82, 2.24) is 0 Å². The van der Waals surface area contributed by atoms with Crippen molar-refractivity contribution in [1.29, 1.82) is 0 Å². The maximum atomic E-state index is 12.2. The van der Waals surface area contributed by atoms with Crippen LogP contribution in [0.4, 0.5) is 11.4 Å². The van der Waals surface area contributed by atoms with Crippen LogP contribution in [-0.4, -0.2) is 20.1 Å². The van der Waals surface area contributed by atoms with Crippen LogP contribution in [0.3, 0.4) is 0 Å². The molecular formula is C15H15ClN2O3. The number of nitrogens with two attached hydrogens (primary N) is 1. The second-order valence-corrected chi connectivity index (χ2v) is 4.67. The minimum Gasteiger partial charge on any atom is -0.495 e. The lowest BCUT2D eigenvalue weighted by atomic mass is 10.2. The Morgan fingerprint density at radius 3 is 2.29 bits per heavy atom. The van der Waals surface area contributed by atoms with Crippen LogP contribution in [0.15, 0.2) is 36.4 Å². The molecule has 3 N–H and O–H groups in total. The highest BCUT2D eigenvalue weighted by atomic mass is 35.5. The summed E-state index contributed by atoms with van der Waals surface area (Å²) < 4.78 is 10.3. The van der Waals surface area contributed by atoms with Gasteiger partial charge in [0.2, 0.25) is 0 Å². The Balaban J connectivity index is 2.28. The van der Waals surface area contributed by atoms with Crippen molar-refractivity contribution in [3.63, 3.8) is 0 Å². The number of nitrogen functional groups attached to an aromatic ring is 1. The second-order valence-electron chi connectivity index (χ2n) is 4.26. The average molecular weight is 307 g/mol. The Hall–Kier alpha value is -2.40. The van der Waals surface area contributed by atoms with Gasteiger partial charge in [-0.25, -0.2) is 0 Å². The first-order valence-corrected chi connectivity index (χ1v) is 6.51. The summed E-state index contributed by atoms with van der Waals surface area (Å²) in [6.45, 7) is 0. The van der Waals surface area contributed by atoms with E-state index in [-0.39, 0.29) is 5.91 Å². The smallest absolute Gasteiger partial charge is 0.255 e. The fourth-order valence-corrected chi connectivity index (χ4v) is 2.03. The molecule has 6 heteroatoms. The highest BCUT2D eigenvalue weighted by Crippen LogP contribution is 2.36. The van der Waals surface area contributed by atoms with Gasteiger partial charge in [-0.05, 0) is 30.3 Å². The molecule has 0 saturated carbocycles. The van der Waals surface area contributed by atoms with Crippen LogP contribution >= 0.6 is 11.6 Å². The van der Waals surface area contributed by atoms with Gasteiger partial charge in [0.25, 0.3) is 5.91 Å². The van der Waals surface area contributed by atoms with E-state index in [9.17, 15) is 4.79 Å². The van der Waals surface area contributed by atoms with Crippen LogP contribution in [0.2, 0.25) is 5.02 Å². The summed E-state index contributed by atoms with van der Waals surface area (Å²) >= 11 is 6.06. The van der Waals surface area contributed by atoms with Gasteiger partial charge in [-0.3, -0.25) is 4.79 Å². The maximum absolute atomic E-state index is 12.2. The van der Waals surface area contributed by atoms with Crippen LogP contribution in [0.25, 0.3) is 0 Å². The molecule has 0 saturated heterocycles. The second kappa shape index (κ2) is 6.37. The normalized spacial score (nSPS) is 10.0. The van der Waals surface area contributed by atoms with E-state index >= 15 is 0 Å². The Labute approximate surface area is 127 Å².